The first-order valence-electron chi connectivity index (χ1n) is 4.79. The topological polar surface area (TPSA) is 12.0 Å². The highest BCUT2D eigenvalue weighted by molar-refractivity contribution is 7.99. The van der Waals surface area contributed by atoms with Gasteiger partial charge >= 0.3 is 0 Å². The summed E-state index contributed by atoms with van der Waals surface area (Å²) in [7, 11) is 0. The summed E-state index contributed by atoms with van der Waals surface area (Å²) in [6.45, 7) is 5.32. The van der Waals surface area contributed by atoms with Crippen LogP contribution in [0.15, 0.2) is 29.2 Å². The third-order valence-electron chi connectivity index (χ3n) is 1.74. The average molecular weight is 227 g/mol. The monoisotopic (exact) mass is 227 g/mol. The summed E-state index contributed by atoms with van der Waals surface area (Å²) in [6, 6.07) is 8.70. The number of hydrogen-bond acceptors (Lipinski definition) is 3. The molecule has 0 fully saturated rings. The van der Waals surface area contributed by atoms with Gasteiger partial charge in [0.05, 0.1) is 0 Å². The lowest BCUT2D eigenvalue weighted by atomic mass is 10.2. The first-order valence-corrected chi connectivity index (χ1v) is 6.30. The lowest BCUT2D eigenvalue weighted by Gasteiger charge is -2.06. The van der Waals surface area contributed by atoms with E-state index in [-0.39, 0.29) is 0 Å². The zero-order valence-corrected chi connectivity index (χ0v) is 10.4. The van der Waals surface area contributed by atoms with Crippen LogP contribution in [0.3, 0.4) is 0 Å². The Kier molecular flexibility index (Phi) is 5.45. The molecule has 0 aliphatic heterocycles. The average Bonchev–Trinajstić information content (AvgIpc) is 2.16. The Morgan fingerprint density at radius 2 is 1.93 bits per heavy atom. The van der Waals surface area contributed by atoms with Crippen LogP contribution in [0.2, 0.25) is 0 Å². The summed E-state index contributed by atoms with van der Waals surface area (Å²) in [4.78, 5) is 1.34. The van der Waals surface area contributed by atoms with Crippen LogP contribution in [-0.2, 0) is 6.54 Å². The molecule has 0 heterocycles. The second-order valence-corrected chi connectivity index (χ2v) is 5.36. The van der Waals surface area contributed by atoms with Crippen molar-refractivity contribution in [2.24, 2.45) is 0 Å². The Morgan fingerprint density at radius 1 is 1.29 bits per heavy atom. The Balaban J connectivity index is 2.50. The molecule has 0 radical (unpaired) electrons. The molecule has 1 rings (SSSR count). The summed E-state index contributed by atoms with van der Waals surface area (Å²) in [5, 5.41) is 3.83. The van der Waals surface area contributed by atoms with Gasteiger partial charge in [0.1, 0.15) is 0 Å². The minimum Gasteiger partial charge on any atom is -0.304 e. The Morgan fingerprint density at radius 3 is 2.43 bits per heavy atom. The number of rotatable bonds is 5. The number of thioether (sulfide) groups is 1. The molecule has 0 amide bonds. The summed E-state index contributed by atoms with van der Waals surface area (Å²) in [5.41, 5.74) is 1.31. The highest BCUT2D eigenvalue weighted by Crippen LogP contribution is 2.22. The second-order valence-electron chi connectivity index (χ2n) is 3.40. The van der Waals surface area contributed by atoms with Gasteiger partial charge in [-0.05, 0) is 17.7 Å². The van der Waals surface area contributed by atoms with E-state index in [2.05, 4.69) is 56.1 Å². The van der Waals surface area contributed by atoms with Crippen LogP contribution in [0.1, 0.15) is 19.4 Å². The van der Waals surface area contributed by atoms with E-state index in [0.717, 1.165) is 12.4 Å². The van der Waals surface area contributed by atoms with Crippen molar-refractivity contribution < 1.29 is 0 Å². The van der Waals surface area contributed by atoms with Gasteiger partial charge < -0.3 is 5.32 Å². The van der Waals surface area contributed by atoms with E-state index in [0.29, 0.717) is 5.25 Å². The van der Waals surface area contributed by atoms with Crippen molar-refractivity contribution in [2.75, 3.05) is 5.88 Å². The van der Waals surface area contributed by atoms with Gasteiger partial charge in [0.15, 0.2) is 0 Å². The van der Waals surface area contributed by atoms with Crippen molar-refractivity contribution >= 4 is 24.4 Å². The highest BCUT2D eigenvalue weighted by Gasteiger charge is 1.98. The van der Waals surface area contributed by atoms with Crippen LogP contribution in [0.25, 0.3) is 0 Å². The summed E-state index contributed by atoms with van der Waals surface area (Å²) in [5.74, 6) is 0.725. The predicted molar refractivity (Wildman–Crippen MR) is 68.1 cm³/mol. The van der Waals surface area contributed by atoms with Gasteiger partial charge in [-0.1, -0.05) is 26.0 Å². The summed E-state index contributed by atoms with van der Waals surface area (Å²) >= 11 is 6.00. The third-order valence-corrected chi connectivity index (χ3v) is 2.98. The Bertz CT molecular complexity index is 256. The first kappa shape index (κ1) is 12.0. The number of hydrogen-bond donors (Lipinski definition) is 2. The third kappa shape index (κ3) is 4.40. The van der Waals surface area contributed by atoms with Crippen molar-refractivity contribution in [3.8, 4) is 0 Å². The van der Waals surface area contributed by atoms with Gasteiger partial charge in [-0.25, -0.2) is 0 Å². The quantitative estimate of drug-likeness (QED) is 0.455. The molecule has 1 aromatic rings. The van der Waals surface area contributed by atoms with E-state index in [1.165, 1.54) is 10.5 Å². The van der Waals surface area contributed by atoms with E-state index in [4.69, 9.17) is 0 Å². The molecule has 1 nitrogen and oxygen atoms in total. The largest absolute Gasteiger partial charge is 0.304 e. The fourth-order valence-corrected chi connectivity index (χ4v) is 2.11. The van der Waals surface area contributed by atoms with Crippen molar-refractivity contribution in [3.63, 3.8) is 0 Å². The van der Waals surface area contributed by atoms with E-state index in [1.54, 1.807) is 0 Å². The molecule has 3 heteroatoms. The molecule has 0 aliphatic carbocycles. The molecule has 1 aromatic carbocycles. The molecular weight excluding hydrogens is 210 g/mol. The highest BCUT2D eigenvalue weighted by atomic mass is 32.2. The zero-order chi connectivity index (χ0) is 10.4. The van der Waals surface area contributed by atoms with Gasteiger partial charge in [-0.2, -0.15) is 12.6 Å². The molecule has 0 aromatic heterocycles. The summed E-state index contributed by atoms with van der Waals surface area (Å²) in [6.07, 6.45) is 0. The van der Waals surface area contributed by atoms with Crippen LogP contribution >= 0.6 is 24.4 Å². The molecule has 78 valence electrons. The van der Waals surface area contributed by atoms with E-state index in [9.17, 15) is 0 Å². The second kappa shape index (κ2) is 6.38. The van der Waals surface area contributed by atoms with Gasteiger partial charge in [-0.3, -0.25) is 0 Å². The minimum atomic E-state index is 0.649. The standard InChI is InChI=1S/C11H17NS2/c1-9(2)14-11-5-3-10(4-6-11)7-12-8-13/h3-6,9,12-13H,7-8H2,1-2H3. The number of nitrogens with one attached hydrogen (secondary N) is 1. The molecule has 0 bridgehead atoms. The van der Waals surface area contributed by atoms with E-state index in [1.807, 2.05) is 11.8 Å². The molecular formula is C11H17NS2. The zero-order valence-electron chi connectivity index (χ0n) is 8.66. The van der Waals surface area contributed by atoms with E-state index >= 15 is 0 Å². The lowest BCUT2D eigenvalue weighted by Crippen LogP contribution is -2.09. The predicted octanol–water partition coefficient (Wildman–Crippen LogP) is 3.16. The van der Waals surface area contributed by atoms with Crippen LogP contribution < -0.4 is 5.32 Å². The molecule has 0 unspecified atom stereocenters. The maximum atomic E-state index is 4.10. The molecule has 14 heavy (non-hydrogen) atoms. The lowest BCUT2D eigenvalue weighted by molar-refractivity contribution is 0.798. The fourth-order valence-electron chi connectivity index (χ4n) is 1.16. The maximum Gasteiger partial charge on any atom is 0.0390 e. The van der Waals surface area contributed by atoms with Crippen molar-refractivity contribution in [3.05, 3.63) is 29.8 Å². The maximum absolute atomic E-state index is 4.10. The van der Waals surface area contributed by atoms with Gasteiger partial charge in [0.25, 0.3) is 0 Å². The van der Waals surface area contributed by atoms with Crippen LogP contribution in [-0.4, -0.2) is 11.1 Å². The normalized spacial score (nSPS) is 10.9. The number of benzene rings is 1. The van der Waals surface area contributed by atoms with Crippen LogP contribution in [0.4, 0.5) is 0 Å². The molecule has 1 N–H and O–H groups in total. The smallest absolute Gasteiger partial charge is 0.0390 e. The van der Waals surface area contributed by atoms with Gasteiger partial charge in [0.2, 0.25) is 0 Å². The Hall–Kier alpha value is -0.120. The first-order chi connectivity index (χ1) is 6.72. The molecule has 0 saturated heterocycles. The van der Waals surface area contributed by atoms with Crippen molar-refractivity contribution in [1.29, 1.82) is 0 Å². The Labute approximate surface area is 96.1 Å². The van der Waals surface area contributed by atoms with Gasteiger partial charge in [0, 0.05) is 22.6 Å². The van der Waals surface area contributed by atoms with Crippen molar-refractivity contribution in [2.45, 2.75) is 30.5 Å². The summed E-state index contributed by atoms with van der Waals surface area (Å²) < 4.78 is 0. The SMILES string of the molecule is CC(C)Sc1ccc(CNCS)cc1. The van der Waals surface area contributed by atoms with Gasteiger partial charge in [-0.15, -0.1) is 11.8 Å². The van der Waals surface area contributed by atoms with Crippen molar-refractivity contribution in [1.82, 2.24) is 5.32 Å². The number of thiol groups is 1. The van der Waals surface area contributed by atoms with Crippen LogP contribution in [0, 0.1) is 0 Å². The molecule has 0 atom stereocenters. The fraction of sp³-hybridized carbons (Fsp3) is 0.455. The van der Waals surface area contributed by atoms with E-state index < -0.39 is 0 Å². The van der Waals surface area contributed by atoms with Crippen LogP contribution in [0.5, 0.6) is 0 Å². The molecule has 0 saturated carbocycles. The minimum absolute atomic E-state index is 0.649. The molecule has 0 aliphatic rings. The molecule has 0 spiro atoms.